The number of rotatable bonds is 3. The maximum Gasteiger partial charge on any atom is 0.270 e. The molecule has 0 spiro atoms. The normalized spacial score (nSPS) is 13.5. The summed E-state index contributed by atoms with van der Waals surface area (Å²) in [5.74, 6) is -0.851. The average molecular weight is 421 g/mol. The lowest BCUT2D eigenvalue weighted by Crippen LogP contribution is -2.29. The van der Waals surface area contributed by atoms with Crippen LogP contribution in [0.4, 0.5) is 11.4 Å². The number of hydrazone groups is 1. The van der Waals surface area contributed by atoms with Crippen LogP contribution >= 0.6 is 23.2 Å². The number of non-ortho nitro benzene ring substituents is 1. The second kappa shape index (κ2) is 7.57. The Labute approximate surface area is 169 Å². The molecule has 0 fully saturated rings. The molecule has 0 aliphatic carbocycles. The molecule has 2 amide bonds. The molecular formula is C18H14Cl2N4O4. The summed E-state index contributed by atoms with van der Waals surface area (Å²) < 4.78 is 0. The van der Waals surface area contributed by atoms with E-state index in [2.05, 4.69) is 10.4 Å². The summed E-state index contributed by atoms with van der Waals surface area (Å²) in [5.41, 5.74) is 1.62. The zero-order valence-electron chi connectivity index (χ0n) is 14.8. The van der Waals surface area contributed by atoms with E-state index < -0.39 is 10.8 Å². The Bertz CT molecular complexity index is 1050. The van der Waals surface area contributed by atoms with Gasteiger partial charge in [0.2, 0.25) is 0 Å². The number of amides is 2. The summed E-state index contributed by atoms with van der Waals surface area (Å²) in [7, 11) is 0. The first-order valence-corrected chi connectivity index (χ1v) is 8.86. The lowest BCUT2D eigenvalue weighted by atomic mass is 10.1. The van der Waals surface area contributed by atoms with Crippen molar-refractivity contribution < 1.29 is 14.5 Å². The van der Waals surface area contributed by atoms with Crippen LogP contribution in [-0.2, 0) is 4.79 Å². The minimum atomic E-state index is -0.603. The molecule has 1 heterocycles. The van der Waals surface area contributed by atoms with Gasteiger partial charge in [0, 0.05) is 22.7 Å². The molecule has 0 aromatic heterocycles. The van der Waals surface area contributed by atoms with Gasteiger partial charge >= 0.3 is 0 Å². The number of nitro groups is 1. The highest BCUT2D eigenvalue weighted by Gasteiger charge is 2.29. The van der Waals surface area contributed by atoms with Gasteiger partial charge in [-0.05, 0) is 37.1 Å². The third-order valence-corrected chi connectivity index (χ3v) is 5.20. The van der Waals surface area contributed by atoms with E-state index in [0.29, 0.717) is 26.9 Å². The Morgan fingerprint density at radius 1 is 1.25 bits per heavy atom. The van der Waals surface area contributed by atoms with Crippen LogP contribution in [0, 0.1) is 24.0 Å². The van der Waals surface area contributed by atoms with Crippen LogP contribution in [0.25, 0.3) is 0 Å². The van der Waals surface area contributed by atoms with Gasteiger partial charge in [0.05, 0.1) is 22.1 Å². The number of nitrogens with zero attached hydrogens (tertiary/aromatic N) is 3. The molecule has 144 valence electrons. The van der Waals surface area contributed by atoms with Crippen molar-refractivity contribution in [1.29, 1.82) is 0 Å². The van der Waals surface area contributed by atoms with Crippen molar-refractivity contribution >= 4 is 52.2 Å². The van der Waals surface area contributed by atoms with Gasteiger partial charge in [-0.1, -0.05) is 29.3 Å². The van der Waals surface area contributed by atoms with E-state index in [9.17, 15) is 19.7 Å². The zero-order chi connectivity index (χ0) is 20.6. The fourth-order valence-electron chi connectivity index (χ4n) is 2.71. The van der Waals surface area contributed by atoms with E-state index in [1.54, 1.807) is 19.9 Å². The molecule has 0 atom stereocenters. The van der Waals surface area contributed by atoms with Crippen LogP contribution in [0.3, 0.4) is 0 Å². The largest absolute Gasteiger partial charge is 0.308 e. The molecule has 2 aromatic rings. The monoisotopic (exact) mass is 420 g/mol. The summed E-state index contributed by atoms with van der Waals surface area (Å²) in [6.45, 7) is 3.50. The van der Waals surface area contributed by atoms with Gasteiger partial charge in [0.15, 0.2) is 0 Å². The van der Waals surface area contributed by atoms with Crippen molar-refractivity contribution in [2.24, 2.45) is 5.10 Å². The quantitative estimate of drug-likeness (QED) is 0.598. The third-order valence-electron chi connectivity index (χ3n) is 4.25. The number of carbonyl (C=O) groups is 2. The van der Waals surface area contributed by atoms with Crippen LogP contribution in [0.1, 0.15) is 27.9 Å². The first-order chi connectivity index (χ1) is 13.2. The van der Waals surface area contributed by atoms with Crippen molar-refractivity contribution in [2.45, 2.75) is 20.3 Å². The number of halogens is 2. The average Bonchev–Trinajstić information content (AvgIpc) is 3.02. The second-order valence-electron chi connectivity index (χ2n) is 6.13. The Kier molecular flexibility index (Phi) is 5.35. The molecule has 3 rings (SSSR count). The predicted octanol–water partition coefficient (Wildman–Crippen LogP) is 4.00. The van der Waals surface area contributed by atoms with E-state index in [4.69, 9.17) is 23.2 Å². The molecule has 8 nitrogen and oxygen atoms in total. The summed E-state index contributed by atoms with van der Waals surface area (Å²) in [6.07, 6.45) is -0.136. The first-order valence-electron chi connectivity index (χ1n) is 8.10. The Hall–Kier alpha value is -2.97. The number of nitrogens with one attached hydrogen (secondary N) is 1. The Morgan fingerprint density at radius 2 is 1.96 bits per heavy atom. The van der Waals surface area contributed by atoms with Crippen molar-refractivity contribution in [3.05, 3.63) is 67.2 Å². The lowest BCUT2D eigenvalue weighted by Gasteiger charge is -2.17. The highest BCUT2D eigenvalue weighted by atomic mass is 35.5. The highest BCUT2D eigenvalue weighted by Crippen LogP contribution is 2.36. The van der Waals surface area contributed by atoms with Crippen molar-refractivity contribution in [3.63, 3.8) is 0 Å². The van der Waals surface area contributed by atoms with Crippen LogP contribution < -0.4 is 10.3 Å². The van der Waals surface area contributed by atoms with E-state index in [1.165, 1.54) is 18.2 Å². The SMILES string of the molecule is Cc1c(Cl)cc(N2N=C(NC(=O)c3cccc([N+](=O)[O-])c3)CC2=O)c(C)c1Cl. The van der Waals surface area contributed by atoms with E-state index >= 15 is 0 Å². The fourth-order valence-corrected chi connectivity index (χ4v) is 3.15. The minimum absolute atomic E-state index is 0.0837. The van der Waals surface area contributed by atoms with Gasteiger partial charge < -0.3 is 5.32 Å². The molecule has 10 heteroatoms. The molecule has 2 aromatic carbocycles. The van der Waals surface area contributed by atoms with Crippen molar-refractivity contribution in [3.8, 4) is 0 Å². The van der Waals surface area contributed by atoms with Crippen LogP contribution in [0.2, 0.25) is 10.0 Å². The summed E-state index contributed by atoms with van der Waals surface area (Å²) in [4.78, 5) is 35.0. The van der Waals surface area contributed by atoms with Gasteiger partial charge in [-0.3, -0.25) is 19.7 Å². The summed E-state index contributed by atoms with van der Waals surface area (Å²) in [5, 5.41) is 19.5. The number of anilines is 1. The predicted molar refractivity (Wildman–Crippen MR) is 106 cm³/mol. The number of amidine groups is 1. The number of nitro benzene ring substituents is 1. The standard InChI is InChI=1S/C18H14Cl2N4O4/c1-9-13(19)7-14(10(2)17(9)20)23-16(25)8-15(22-23)21-18(26)11-4-3-5-12(6-11)24(27)28/h3-7H,8H2,1-2H3,(H,21,22,26). The first kappa shape index (κ1) is 19.8. The van der Waals surface area contributed by atoms with Gasteiger partial charge in [-0.25, -0.2) is 0 Å². The molecule has 28 heavy (non-hydrogen) atoms. The lowest BCUT2D eigenvalue weighted by molar-refractivity contribution is -0.384. The molecule has 1 N–H and O–H groups in total. The number of hydrogen-bond acceptors (Lipinski definition) is 5. The smallest absolute Gasteiger partial charge is 0.270 e. The molecule has 0 saturated carbocycles. The molecular weight excluding hydrogens is 407 g/mol. The number of benzene rings is 2. The summed E-state index contributed by atoms with van der Waals surface area (Å²) in [6, 6.07) is 6.85. The van der Waals surface area contributed by atoms with Gasteiger partial charge in [-0.15, -0.1) is 0 Å². The van der Waals surface area contributed by atoms with E-state index in [0.717, 1.165) is 11.1 Å². The third kappa shape index (κ3) is 3.69. The van der Waals surface area contributed by atoms with E-state index in [1.807, 2.05) is 0 Å². The fraction of sp³-hybridized carbons (Fsp3) is 0.167. The molecule has 0 radical (unpaired) electrons. The molecule has 0 saturated heterocycles. The highest BCUT2D eigenvalue weighted by molar-refractivity contribution is 6.37. The molecule has 1 aliphatic heterocycles. The van der Waals surface area contributed by atoms with Crippen LogP contribution in [0.5, 0.6) is 0 Å². The van der Waals surface area contributed by atoms with Gasteiger partial charge in [0.25, 0.3) is 17.5 Å². The maximum atomic E-state index is 12.4. The Morgan fingerprint density at radius 3 is 2.64 bits per heavy atom. The van der Waals surface area contributed by atoms with Crippen LogP contribution in [0.15, 0.2) is 35.4 Å². The molecule has 1 aliphatic rings. The minimum Gasteiger partial charge on any atom is -0.308 e. The maximum absolute atomic E-state index is 12.4. The molecule has 0 unspecified atom stereocenters. The zero-order valence-corrected chi connectivity index (χ0v) is 16.3. The summed E-state index contributed by atoms with van der Waals surface area (Å²) >= 11 is 12.4. The van der Waals surface area contributed by atoms with Crippen molar-refractivity contribution in [1.82, 2.24) is 5.32 Å². The van der Waals surface area contributed by atoms with Crippen LogP contribution in [-0.4, -0.2) is 22.6 Å². The molecule has 0 bridgehead atoms. The second-order valence-corrected chi connectivity index (χ2v) is 6.92. The number of carbonyl (C=O) groups excluding carboxylic acids is 2. The topological polar surface area (TPSA) is 105 Å². The van der Waals surface area contributed by atoms with Crippen molar-refractivity contribution in [2.75, 3.05) is 5.01 Å². The van der Waals surface area contributed by atoms with Gasteiger partial charge in [0.1, 0.15) is 5.84 Å². The van der Waals surface area contributed by atoms with E-state index in [-0.39, 0.29) is 29.4 Å². The number of hydrogen-bond donors (Lipinski definition) is 1. The van der Waals surface area contributed by atoms with Gasteiger partial charge in [-0.2, -0.15) is 10.1 Å². The Balaban J connectivity index is 1.86.